The van der Waals surface area contributed by atoms with Crippen molar-refractivity contribution in [1.82, 2.24) is 9.99 Å². The zero-order valence-electron chi connectivity index (χ0n) is 13.3. The molecular formula is C17H19N3O3. The van der Waals surface area contributed by atoms with Crippen LogP contribution in [0.1, 0.15) is 29.8 Å². The van der Waals surface area contributed by atoms with Crippen LogP contribution in [0, 0.1) is 0 Å². The second kappa shape index (κ2) is 7.40. The van der Waals surface area contributed by atoms with Crippen LogP contribution in [0.5, 0.6) is 5.75 Å². The molecule has 0 unspecified atom stereocenters. The van der Waals surface area contributed by atoms with E-state index in [4.69, 9.17) is 4.74 Å². The van der Waals surface area contributed by atoms with Gasteiger partial charge in [-0.2, -0.15) is 5.10 Å². The van der Waals surface area contributed by atoms with Crippen LogP contribution in [0.2, 0.25) is 0 Å². The van der Waals surface area contributed by atoms with Gasteiger partial charge in [-0.25, -0.2) is 5.43 Å². The largest absolute Gasteiger partial charge is 0.491 e. The van der Waals surface area contributed by atoms with E-state index in [1.54, 1.807) is 19.3 Å². The van der Waals surface area contributed by atoms with E-state index in [0.29, 0.717) is 0 Å². The van der Waals surface area contributed by atoms with Crippen molar-refractivity contribution in [2.24, 2.45) is 12.1 Å². The molecule has 0 spiro atoms. The van der Waals surface area contributed by atoms with Gasteiger partial charge in [-0.1, -0.05) is 0 Å². The fourth-order valence-electron chi connectivity index (χ4n) is 1.90. The van der Waals surface area contributed by atoms with Crippen molar-refractivity contribution in [1.29, 1.82) is 0 Å². The number of ether oxygens (including phenoxy) is 1. The number of nitrogens with one attached hydrogen (secondary N) is 1. The van der Waals surface area contributed by atoms with E-state index in [-0.39, 0.29) is 17.2 Å². The minimum Gasteiger partial charge on any atom is -0.491 e. The van der Waals surface area contributed by atoms with Crippen LogP contribution in [0.25, 0.3) is 0 Å². The Kier molecular flexibility index (Phi) is 5.30. The van der Waals surface area contributed by atoms with E-state index in [2.05, 4.69) is 10.5 Å². The Bertz CT molecular complexity index is 761. The molecule has 1 aromatic heterocycles. The lowest BCUT2D eigenvalue weighted by Gasteiger charge is -2.09. The SMILES string of the molecule is CC(C)Oc1ccc(/C=N\NC(=O)c2cccn(C)c2=O)cc1. The van der Waals surface area contributed by atoms with Crippen LogP contribution in [0.4, 0.5) is 0 Å². The number of carbonyl (C=O) groups is 1. The Morgan fingerprint density at radius 2 is 1.96 bits per heavy atom. The number of rotatable bonds is 5. The Labute approximate surface area is 134 Å². The predicted molar refractivity (Wildman–Crippen MR) is 88.9 cm³/mol. The van der Waals surface area contributed by atoms with Crippen molar-refractivity contribution in [3.63, 3.8) is 0 Å². The molecule has 0 bridgehead atoms. The molecular weight excluding hydrogens is 294 g/mol. The lowest BCUT2D eigenvalue weighted by atomic mass is 10.2. The van der Waals surface area contributed by atoms with Crippen LogP contribution in [-0.4, -0.2) is 22.8 Å². The van der Waals surface area contributed by atoms with Crippen molar-refractivity contribution >= 4 is 12.1 Å². The predicted octanol–water partition coefficient (Wildman–Crippen LogP) is 1.94. The summed E-state index contributed by atoms with van der Waals surface area (Å²) in [5, 5.41) is 3.87. The molecule has 1 N–H and O–H groups in total. The van der Waals surface area contributed by atoms with Gasteiger partial charge in [0.15, 0.2) is 0 Å². The lowest BCUT2D eigenvalue weighted by molar-refractivity contribution is 0.0953. The highest BCUT2D eigenvalue weighted by atomic mass is 16.5. The van der Waals surface area contributed by atoms with Crippen LogP contribution in [0.15, 0.2) is 52.5 Å². The van der Waals surface area contributed by atoms with Gasteiger partial charge < -0.3 is 9.30 Å². The van der Waals surface area contributed by atoms with Gasteiger partial charge in [0.2, 0.25) is 0 Å². The number of aromatic nitrogens is 1. The highest BCUT2D eigenvalue weighted by Gasteiger charge is 2.09. The summed E-state index contributed by atoms with van der Waals surface area (Å²) in [5.41, 5.74) is 2.84. The second-order valence-corrected chi connectivity index (χ2v) is 5.27. The average Bonchev–Trinajstić information content (AvgIpc) is 2.51. The number of hydrogen-bond acceptors (Lipinski definition) is 4. The number of hydrazone groups is 1. The molecule has 6 nitrogen and oxygen atoms in total. The smallest absolute Gasteiger partial charge is 0.276 e. The normalized spacial score (nSPS) is 11.0. The molecule has 2 aromatic rings. The number of amides is 1. The number of pyridine rings is 1. The summed E-state index contributed by atoms with van der Waals surface area (Å²) < 4.78 is 6.88. The van der Waals surface area contributed by atoms with E-state index >= 15 is 0 Å². The molecule has 120 valence electrons. The van der Waals surface area contributed by atoms with Crippen LogP contribution < -0.4 is 15.7 Å². The van der Waals surface area contributed by atoms with Crippen LogP contribution in [-0.2, 0) is 7.05 Å². The van der Waals surface area contributed by atoms with Crippen molar-refractivity contribution < 1.29 is 9.53 Å². The van der Waals surface area contributed by atoms with Gasteiger partial charge in [-0.3, -0.25) is 9.59 Å². The molecule has 0 aliphatic carbocycles. The van der Waals surface area contributed by atoms with E-state index in [1.807, 2.05) is 38.1 Å². The number of hydrogen-bond donors (Lipinski definition) is 1. The third-order valence-electron chi connectivity index (χ3n) is 3.00. The highest BCUT2D eigenvalue weighted by Crippen LogP contribution is 2.12. The Balaban J connectivity index is 2.00. The van der Waals surface area contributed by atoms with Crippen molar-refractivity contribution in [2.75, 3.05) is 0 Å². The first-order valence-corrected chi connectivity index (χ1v) is 7.23. The van der Waals surface area contributed by atoms with E-state index in [0.717, 1.165) is 11.3 Å². The molecule has 0 aliphatic rings. The summed E-state index contributed by atoms with van der Waals surface area (Å²) in [6, 6.07) is 10.4. The Morgan fingerprint density at radius 3 is 2.61 bits per heavy atom. The van der Waals surface area contributed by atoms with Crippen molar-refractivity contribution in [3.8, 4) is 5.75 Å². The standard InChI is InChI=1S/C17H19N3O3/c1-12(2)23-14-8-6-13(7-9-14)11-18-19-16(21)15-5-4-10-20(3)17(15)22/h4-12H,1-3H3,(H,19,21)/b18-11-. The molecule has 0 saturated carbocycles. The quantitative estimate of drug-likeness (QED) is 0.677. The minimum atomic E-state index is -0.540. The first-order chi connectivity index (χ1) is 11.0. The van der Waals surface area contributed by atoms with Crippen molar-refractivity contribution in [2.45, 2.75) is 20.0 Å². The van der Waals surface area contributed by atoms with Gasteiger partial charge in [0.1, 0.15) is 11.3 Å². The number of aryl methyl sites for hydroxylation is 1. The van der Waals surface area contributed by atoms with Gasteiger partial charge >= 0.3 is 0 Å². The zero-order valence-corrected chi connectivity index (χ0v) is 13.3. The van der Waals surface area contributed by atoms with Gasteiger partial charge in [0, 0.05) is 13.2 Å². The summed E-state index contributed by atoms with van der Waals surface area (Å²) in [5.74, 6) is 0.233. The zero-order chi connectivity index (χ0) is 16.8. The summed E-state index contributed by atoms with van der Waals surface area (Å²) in [7, 11) is 1.59. The molecule has 0 fully saturated rings. The number of nitrogens with zero attached hydrogens (tertiary/aromatic N) is 2. The summed E-state index contributed by atoms with van der Waals surface area (Å²) in [6.07, 6.45) is 3.20. The van der Waals surface area contributed by atoms with Crippen molar-refractivity contribution in [3.05, 3.63) is 64.1 Å². The monoisotopic (exact) mass is 313 g/mol. The third kappa shape index (κ3) is 4.54. The van der Waals surface area contributed by atoms with Gasteiger partial charge in [-0.05, 0) is 55.8 Å². The Morgan fingerprint density at radius 1 is 1.26 bits per heavy atom. The first-order valence-electron chi connectivity index (χ1n) is 7.23. The van der Waals surface area contributed by atoms with Crippen LogP contribution >= 0.6 is 0 Å². The maximum absolute atomic E-state index is 11.9. The second-order valence-electron chi connectivity index (χ2n) is 5.27. The van der Waals surface area contributed by atoms with E-state index < -0.39 is 5.91 Å². The molecule has 1 aromatic carbocycles. The van der Waals surface area contributed by atoms with Gasteiger partial charge in [-0.15, -0.1) is 0 Å². The third-order valence-corrected chi connectivity index (χ3v) is 3.00. The first kappa shape index (κ1) is 16.5. The summed E-state index contributed by atoms with van der Waals surface area (Å²) in [6.45, 7) is 3.91. The lowest BCUT2D eigenvalue weighted by Crippen LogP contribution is -2.29. The maximum atomic E-state index is 11.9. The van der Waals surface area contributed by atoms with Crippen LogP contribution in [0.3, 0.4) is 0 Å². The Hall–Kier alpha value is -2.89. The topological polar surface area (TPSA) is 72.7 Å². The highest BCUT2D eigenvalue weighted by molar-refractivity contribution is 5.94. The molecule has 0 atom stereocenters. The van der Waals surface area contributed by atoms with E-state index in [1.165, 1.54) is 16.8 Å². The fraction of sp³-hybridized carbons (Fsp3) is 0.235. The summed E-state index contributed by atoms with van der Waals surface area (Å²) >= 11 is 0. The van der Waals surface area contributed by atoms with Gasteiger partial charge in [0.25, 0.3) is 11.5 Å². The molecule has 0 saturated heterocycles. The molecule has 0 aliphatic heterocycles. The molecule has 1 amide bonds. The molecule has 1 heterocycles. The number of benzene rings is 1. The van der Waals surface area contributed by atoms with E-state index in [9.17, 15) is 9.59 Å². The molecule has 0 radical (unpaired) electrons. The molecule has 2 rings (SSSR count). The number of carbonyl (C=O) groups excluding carboxylic acids is 1. The minimum absolute atomic E-state index is 0.0489. The van der Waals surface area contributed by atoms with Gasteiger partial charge in [0.05, 0.1) is 12.3 Å². The average molecular weight is 313 g/mol. The maximum Gasteiger partial charge on any atom is 0.276 e. The molecule has 6 heteroatoms. The summed E-state index contributed by atoms with van der Waals surface area (Å²) in [4.78, 5) is 23.7. The molecule has 23 heavy (non-hydrogen) atoms. The fourth-order valence-corrected chi connectivity index (χ4v) is 1.90.